The van der Waals surface area contributed by atoms with Gasteiger partial charge < -0.3 is 9.08 Å². The van der Waals surface area contributed by atoms with Crippen molar-refractivity contribution in [2.45, 2.75) is 78.0 Å². The van der Waals surface area contributed by atoms with Gasteiger partial charge in [-0.05, 0) is 67.5 Å². The molecule has 5 nitrogen and oxygen atoms in total. The maximum atomic E-state index is 13.0. The van der Waals surface area contributed by atoms with Crippen molar-refractivity contribution in [2.75, 3.05) is 0 Å². The molecule has 0 aromatic heterocycles. The molecule has 0 aliphatic heterocycles. The molecule has 1 atom stereocenters. The van der Waals surface area contributed by atoms with Crippen molar-refractivity contribution in [1.82, 2.24) is 4.90 Å². The highest BCUT2D eigenvalue weighted by Crippen LogP contribution is 2.31. The molecule has 2 rings (SSSR count). The van der Waals surface area contributed by atoms with Gasteiger partial charge in [-0.1, -0.05) is 45.9 Å². The van der Waals surface area contributed by atoms with Gasteiger partial charge in [0, 0.05) is 19.0 Å². The average Bonchev–Trinajstić information content (AvgIpc) is 2.69. The zero-order valence-corrected chi connectivity index (χ0v) is 21.8. The standard InChI is InChI=1S/C26H34F3NO4S/c1-18(2)30(24(31)13-19(3)16-25(4,5)6)17-20-9-7-11-22(14-20)34-35(32,33)23-12-8-10-21(15-23)26(27,28)29/h7-12,14-15,18-19H,13,16-17H2,1-6H3. The summed E-state index contributed by atoms with van der Waals surface area (Å²) in [5, 5.41) is 0. The fourth-order valence-corrected chi connectivity index (χ4v) is 4.96. The van der Waals surface area contributed by atoms with Gasteiger partial charge in [0.2, 0.25) is 5.91 Å². The smallest absolute Gasteiger partial charge is 0.379 e. The summed E-state index contributed by atoms with van der Waals surface area (Å²) in [6.07, 6.45) is -3.38. The van der Waals surface area contributed by atoms with Crippen LogP contribution in [-0.2, 0) is 27.6 Å². The number of hydrogen-bond donors (Lipinski definition) is 0. The number of rotatable bonds is 9. The van der Waals surface area contributed by atoms with Crippen LogP contribution >= 0.6 is 0 Å². The summed E-state index contributed by atoms with van der Waals surface area (Å²) < 4.78 is 69.3. The van der Waals surface area contributed by atoms with Crippen LogP contribution in [0.4, 0.5) is 13.2 Å². The van der Waals surface area contributed by atoms with E-state index in [-0.39, 0.29) is 35.6 Å². The first-order valence-corrected chi connectivity index (χ1v) is 12.9. The molecule has 0 aliphatic rings. The summed E-state index contributed by atoms with van der Waals surface area (Å²) in [5.74, 6) is 0.160. The zero-order chi connectivity index (χ0) is 26.6. The molecule has 0 saturated carbocycles. The summed E-state index contributed by atoms with van der Waals surface area (Å²) in [6.45, 7) is 12.5. The molecule has 9 heteroatoms. The predicted molar refractivity (Wildman–Crippen MR) is 129 cm³/mol. The van der Waals surface area contributed by atoms with Crippen molar-refractivity contribution in [2.24, 2.45) is 11.3 Å². The summed E-state index contributed by atoms with van der Waals surface area (Å²) in [7, 11) is -4.49. The van der Waals surface area contributed by atoms with E-state index in [4.69, 9.17) is 4.18 Å². The molecular weight excluding hydrogens is 479 g/mol. The highest BCUT2D eigenvalue weighted by Gasteiger charge is 2.32. The van der Waals surface area contributed by atoms with Crippen LogP contribution in [0.15, 0.2) is 53.4 Å². The van der Waals surface area contributed by atoms with E-state index in [0.717, 1.165) is 24.6 Å². The Morgan fingerprint density at radius 3 is 2.20 bits per heavy atom. The van der Waals surface area contributed by atoms with Crippen LogP contribution in [0.3, 0.4) is 0 Å². The maximum absolute atomic E-state index is 13.0. The summed E-state index contributed by atoms with van der Waals surface area (Å²) in [4.78, 5) is 14.1. The molecule has 35 heavy (non-hydrogen) atoms. The van der Waals surface area contributed by atoms with Gasteiger partial charge >= 0.3 is 16.3 Å². The van der Waals surface area contributed by atoms with Crippen LogP contribution in [-0.4, -0.2) is 25.3 Å². The fraction of sp³-hybridized carbons (Fsp3) is 0.500. The molecule has 0 bridgehead atoms. The topological polar surface area (TPSA) is 63.7 Å². The summed E-state index contributed by atoms with van der Waals surface area (Å²) in [5.41, 5.74) is -0.325. The number of hydrogen-bond acceptors (Lipinski definition) is 4. The van der Waals surface area contributed by atoms with Crippen molar-refractivity contribution in [3.05, 3.63) is 59.7 Å². The molecule has 0 fully saturated rings. The lowest BCUT2D eigenvalue weighted by Crippen LogP contribution is -2.37. The lowest BCUT2D eigenvalue weighted by atomic mass is 9.84. The van der Waals surface area contributed by atoms with Crippen LogP contribution < -0.4 is 4.18 Å². The molecule has 1 unspecified atom stereocenters. The number of carbonyl (C=O) groups excluding carboxylic acids is 1. The van der Waals surface area contributed by atoms with Gasteiger partial charge in [0.1, 0.15) is 10.6 Å². The van der Waals surface area contributed by atoms with E-state index >= 15 is 0 Å². The zero-order valence-electron chi connectivity index (χ0n) is 21.0. The first-order chi connectivity index (χ1) is 16.0. The summed E-state index contributed by atoms with van der Waals surface area (Å²) in [6, 6.07) is 9.52. The van der Waals surface area contributed by atoms with Crippen molar-refractivity contribution in [3.63, 3.8) is 0 Å². The van der Waals surface area contributed by atoms with Gasteiger partial charge in [0.15, 0.2) is 0 Å². The van der Waals surface area contributed by atoms with Crippen LogP contribution in [0.2, 0.25) is 0 Å². The largest absolute Gasteiger partial charge is 0.416 e. The molecule has 2 aromatic carbocycles. The Morgan fingerprint density at radius 2 is 1.63 bits per heavy atom. The van der Waals surface area contributed by atoms with Crippen molar-refractivity contribution in [1.29, 1.82) is 0 Å². The van der Waals surface area contributed by atoms with Crippen LogP contribution in [0.1, 0.15) is 65.5 Å². The predicted octanol–water partition coefficient (Wildman–Crippen LogP) is 6.67. The molecule has 194 valence electrons. The highest BCUT2D eigenvalue weighted by atomic mass is 32.2. The molecular formula is C26H34F3NO4S. The Hall–Kier alpha value is -2.55. The Kier molecular flexibility index (Phi) is 9.03. The molecule has 0 N–H and O–H groups in total. The molecule has 0 saturated heterocycles. The second kappa shape index (κ2) is 11.0. The van der Waals surface area contributed by atoms with E-state index in [1.54, 1.807) is 17.0 Å². The molecule has 2 aromatic rings. The first kappa shape index (κ1) is 28.7. The molecule has 0 radical (unpaired) electrons. The van der Waals surface area contributed by atoms with Crippen molar-refractivity contribution < 1.29 is 30.6 Å². The molecule has 1 amide bonds. The van der Waals surface area contributed by atoms with Gasteiger partial charge in [-0.2, -0.15) is 21.6 Å². The van der Waals surface area contributed by atoms with Crippen LogP contribution in [0.25, 0.3) is 0 Å². The van der Waals surface area contributed by atoms with E-state index in [1.165, 1.54) is 12.1 Å². The maximum Gasteiger partial charge on any atom is 0.416 e. The average molecular weight is 514 g/mol. The lowest BCUT2D eigenvalue weighted by Gasteiger charge is -2.30. The Bertz CT molecular complexity index is 1120. The van der Waals surface area contributed by atoms with E-state index in [2.05, 4.69) is 27.7 Å². The Labute approximate surface area is 206 Å². The van der Waals surface area contributed by atoms with Crippen LogP contribution in [0.5, 0.6) is 5.75 Å². The van der Waals surface area contributed by atoms with E-state index < -0.39 is 26.8 Å². The Balaban J connectivity index is 2.19. The highest BCUT2D eigenvalue weighted by molar-refractivity contribution is 7.87. The van der Waals surface area contributed by atoms with Crippen LogP contribution in [0, 0.1) is 11.3 Å². The number of benzene rings is 2. The van der Waals surface area contributed by atoms with Gasteiger partial charge in [-0.25, -0.2) is 0 Å². The second-order valence-corrected chi connectivity index (χ2v) is 11.9. The second-order valence-electron chi connectivity index (χ2n) is 10.4. The van der Waals surface area contributed by atoms with Gasteiger partial charge in [0.25, 0.3) is 0 Å². The number of alkyl halides is 3. The SMILES string of the molecule is CC(CC(=O)N(Cc1cccc(OS(=O)(=O)c2cccc(C(F)(F)F)c2)c1)C(C)C)CC(C)(C)C. The van der Waals surface area contributed by atoms with E-state index in [9.17, 15) is 26.4 Å². The Morgan fingerprint density at radius 1 is 1.00 bits per heavy atom. The van der Waals surface area contributed by atoms with Gasteiger partial charge in [-0.3, -0.25) is 4.79 Å². The normalized spacial score (nSPS) is 13.5. The molecule has 0 spiro atoms. The van der Waals surface area contributed by atoms with Gasteiger partial charge in [-0.15, -0.1) is 0 Å². The third-order valence-corrected chi connectivity index (χ3v) is 6.58. The summed E-state index contributed by atoms with van der Waals surface area (Å²) >= 11 is 0. The molecule has 0 aliphatic carbocycles. The first-order valence-electron chi connectivity index (χ1n) is 11.5. The minimum absolute atomic E-state index is 0.000316. The minimum Gasteiger partial charge on any atom is -0.379 e. The fourth-order valence-electron chi connectivity index (χ4n) is 3.99. The van der Waals surface area contributed by atoms with E-state index in [1.807, 2.05) is 13.8 Å². The number of amides is 1. The minimum atomic E-state index is -4.68. The number of nitrogens with zero attached hydrogens (tertiary/aromatic N) is 1. The molecule has 0 heterocycles. The number of halogens is 3. The monoisotopic (exact) mass is 513 g/mol. The lowest BCUT2D eigenvalue weighted by molar-refractivity contribution is -0.138. The van der Waals surface area contributed by atoms with Crippen molar-refractivity contribution >= 4 is 16.0 Å². The number of carbonyl (C=O) groups is 1. The van der Waals surface area contributed by atoms with E-state index in [0.29, 0.717) is 18.1 Å². The van der Waals surface area contributed by atoms with Gasteiger partial charge in [0.05, 0.1) is 5.56 Å². The third-order valence-electron chi connectivity index (χ3n) is 5.33. The quantitative estimate of drug-likeness (QED) is 0.351. The third kappa shape index (κ3) is 8.87. The van der Waals surface area contributed by atoms with Crippen molar-refractivity contribution in [3.8, 4) is 5.75 Å².